The minimum atomic E-state index is -4.33. The zero-order chi connectivity index (χ0) is 66.9. The third-order valence-corrected chi connectivity index (χ3v) is 16.8. The molecule has 0 saturated carbocycles. The van der Waals surface area contributed by atoms with Gasteiger partial charge in [-0.05, 0) is 141 Å². The van der Waals surface area contributed by atoms with E-state index in [2.05, 4.69) is 193 Å². The van der Waals surface area contributed by atoms with Crippen molar-refractivity contribution in [2.45, 2.75) is 168 Å². The number of carbonyl (C=O) groups excluding carboxylic acids is 1. The molecule has 0 fully saturated rings. The Morgan fingerprint density at radius 2 is 1.02 bits per heavy atom. The van der Waals surface area contributed by atoms with Gasteiger partial charge in [-0.3, -0.25) is 14.8 Å². The molecule has 8 aromatic carbocycles. The van der Waals surface area contributed by atoms with Crippen molar-refractivity contribution in [2.24, 2.45) is 33.5 Å². The molecule has 0 aliphatic carbocycles. The molecule has 10 aromatic rings. The van der Waals surface area contributed by atoms with Crippen LogP contribution in [0.4, 0.5) is 13.2 Å². The number of allylic oxidation sites excluding steroid dienone is 2. The molecule has 1 unspecified atom stereocenters. The van der Waals surface area contributed by atoms with Crippen molar-refractivity contribution in [3.05, 3.63) is 167 Å². The van der Waals surface area contributed by atoms with Gasteiger partial charge in [0.1, 0.15) is 11.5 Å². The van der Waals surface area contributed by atoms with E-state index >= 15 is 0 Å². The van der Waals surface area contributed by atoms with E-state index in [9.17, 15) is 23.1 Å². The summed E-state index contributed by atoms with van der Waals surface area (Å²) >= 11 is 0. The van der Waals surface area contributed by atoms with Crippen molar-refractivity contribution in [3.63, 3.8) is 0 Å². The number of pyridine rings is 2. The summed E-state index contributed by atoms with van der Waals surface area (Å²) in [5.74, 6) is 1.16. The van der Waals surface area contributed by atoms with Gasteiger partial charge >= 0.3 is 6.18 Å². The number of aromatic nitrogens is 2. The predicted molar refractivity (Wildman–Crippen MR) is 364 cm³/mol. The molecule has 4 heterocycles. The van der Waals surface area contributed by atoms with Crippen LogP contribution in [-0.4, -0.2) is 27.0 Å². The third-order valence-electron chi connectivity index (χ3n) is 16.8. The van der Waals surface area contributed by atoms with Crippen molar-refractivity contribution in [2.75, 3.05) is 0 Å². The van der Waals surface area contributed by atoms with Gasteiger partial charge in [0.2, 0.25) is 0 Å². The fourth-order valence-electron chi connectivity index (χ4n) is 12.9. The number of aliphatic hydroxyl groups is 1. The van der Waals surface area contributed by atoms with E-state index in [1.807, 2.05) is 19.9 Å². The smallest absolute Gasteiger partial charge is 0.389 e. The Kier molecular flexibility index (Phi) is 18.1. The van der Waals surface area contributed by atoms with Gasteiger partial charge in [0, 0.05) is 72.5 Å². The molecule has 0 saturated heterocycles. The van der Waals surface area contributed by atoms with E-state index in [1.54, 1.807) is 6.92 Å². The second-order valence-corrected chi connectivity index (χ2v) is 29.5. The number of ether oxygens (including phenoxy) is 2. The fourth-order valence-corrected chi connectivity index (χ4v) is 12.9. The Labute approximate surface area is 548 Å². The third kappa shape index (κ3) is 14.6. The Hall–Kier alpha value is -7.13. The number of nitrogens with zero attached hydrogens (tertiary/aromatic N) is 2. The van der Waals surface area contributed by atoms with E-state index in [1.165, 1.54) is 33.0 Å². The number of rotatable bonds is 11. The van der Waals surface area contributed by atoms with Crippen LogP contribution in [0.15, 0.2) is 127 Å². The number of halogens is 3. The van der Waals surface area contributed by atoms with Gasteiger partial charge in [-0.15, -0.1) is 35.0 Å². The maximum absolute atomic E-state index is 12.3. The first-order chi connectivity index (χ1) is 43.0. The summed E-state index contributed by atoms with van der Waals surface area (Å²) < 4.78 is 76.7. The molecule has 0 bridgehead atoms. The molecule has 0 amide bonds. The van der Waals surface area contributed by atoms with Gasteiger partial charge in [-0.25, -0.2) is 0 Å². The van der Waals surface area contributed by atoms with Crippen LogP contribution in [0, 0.1) is 52.6 Å². The maximum atomic E-state index is 12.3. The van der Waals surface area contributed by atoms with Crippen LogP contribution in [-0.2, 0) is 50.6 Å². The van der Waals surface area contributed by atoms with Crippen molar-refractivity contribution >= 4 is 70.4 Å². The molecular formula is C80H87F3IrN2O4-2. The monoisotopic (exact) mass is 1390 g/mol. The predicted octanol–water partition coefficient (Wildman–Crippen LogP) is 23.3. The molecule has 6 nitrogen and oxygen atoms in total. The summed E-state index contributed by atoms with van der Waals surface area (Å²) in [6.45, 7) is 34.4. The summed E-state index contributed by atoms with van der Waals surface area (Å²) in [4.78, 5) is 21.1. The molecule has 473 valence electrons. The Balaban J connectivity index is 0.000000175. The minimum Gasteiger partial charge on any atom is -0.512 e. The van der Waals surface area contributed by atoms with Gasteiger partial charge < -0.3 is 14.6 Å². The van der Waals surface area contributed by atoms with Gasteiger partial charge in [0.25, 0.3) is 0 Å². The number of fused-ring (bicyclic) bond motifs is 10. The van der Waals surface area contributed by atoms with Crippen LogP contribution in [0.2, 0.25) is 0 Å². The molecular weight excluding hydrogens is 1300 g/mol. The number of aryl methyl sites for hydroxylation is 1. The second-order valence-electron chi connectivity index (χ2n) is 29.5. The average molecular weight is 1390 g/mol. The van der Waals surface area contributed by atoms with Gasteiger partial charge in [-0.1, -0.05) is 209 Å². The number of ketones is 1. The molecule has 10 heteroatoms. The van der Waals surface area contributed by atoms with Crippen LogP contribution < -0.4 is 9.47 Å². The number of hydrogen-bond donors (Lipinski definition) is 1. The Bertz CT molecular complexity index is 4580. The molecule has 1 radical (unpaired) electrons. The maximum Gasteiger partial charge on any atom is 0.389 e. The topological polar surface area (TPSA) is 81.5 Å². The van der Waals surface area contributed by atoms with E-state index in [0.29, 0.717) is 24.3 Å². The number of alkyl halides is 3. The van der Waals surface area contributed by atoms with Crippen LogP contribution in [0.1, 0.15) is 161 Å². The van der Waals surface area contributed by atoms with Crippen molar-refractivity contribution in [3.8, 4) is 45.5 Å². The summed E-state index contributed by atoms with van der Waals surface area (Å²) in [5.41, 5.74) is 9.56. The number of hydrogen-bond acceptors (Lipinski definition) is 6. The molecule has 12 rings (SSSR count). The van der Waals surface area contributed by atoms with E-state index in [-0.39, 0.29) is 78.3 Å². The SMILES string of the molecule is CCC(CC)C(=O)/C=C(\O)C(CC)CC(F)(F)F.[2H]c1cc2c3c(cc4c(CC(C)(C)C)cccc42)Oc2c([c-]c4ccccc4c2CC(C)(C)C)-c3n1.[2H]c1nc2c3c(cc4c(CC(C)(C)C)cccc4c3c1[2H])Oc1c-2[c-]c2cc(C)ccc2c1CC(C)(C)C.[Ir]. The molecule has 1 N–H and O–H groups in total. The summed E-state index contributed by atoms with van der Waals surface area (Å²) in [5, 5.41) is 22.0. The van der Waals surface area contributed by atoms with E-state index in [4.69, 9.17) is 23.6 Å². The van der Waals surface area contributed by atoms with Gasteiger partial charge in [-0.2, -0.15) is 13.2 Å². The number of aliphatic hydroxyl groups excluding tert-OH is 1. The quantitative estimate of drug-likeness (QED) is 0.0601. The minimum absolute atomic E-state index is 0. The van der Waals surface area contributed by atoms with Crippen LogP contribution in [0.5, 0.6) is 23.0 Å². The van der Waals surface area contributed by atoms with E-state index < -0.39 is 24.3 Å². The van der Waals surface area contributed by atoms with Gasteiger partial charge in [0.15, 0.2) is 5.78 Å². The standard InChI is InChI=1S/C34H34NO.C33H32NO.C13H21F3O2.Ir/c1-20-11-12-23-22(15-20)16-27-31-30-25(13-14-35-31)24-10-8-9-21(18-33(2,3)4)26(24)17-29(30)36-32(27)28(23)19-34(5,6)7;1-32(2,3)18-21-11-9-13-23-24-14-15-34-30-26-16-20-10-7-8-12-22(20)27(19-33(4,5)6)31(26)35-28(29(24)30)17-25(21)23;1-4-9(5-2)11(17)7-12(18)10(6-3)8-13(14,15)16;/h8-15,17H,18-19H2,1-7H3;7-15,17H,18-19H2,1-6H3;7,9-10,18H,4-6,8H2,1-3H3;/q2*-1;;/b;;12-7-;/i13D,14D;15D;;. The first-order valence-electron chi connectivity index (χ1n) is 33.1. The molecule has 2 aliphatic rings. The largest absolute Gasteiger partial charge is 0.512 e. The van der Waals surface area contributed by atoms with E-state index in [0.717, 1.165) is 125 Å². The summed E-state index contributed by atoms with van der Waals surface area (Å²) in [7, 11) is 0. The fraction of sp³-hybridized carbons (Fsp3) is 0.388. The first-order valence-corrected chi connectivity index (χ1v) is 31.6. The molecule has 0 spiro atoms. The molecule has 1 atom stereocenters. The second kappa shape index (κ2) is 25.9. The zero-order valence-corrected chi connectivity index (χ0v) is 57.6. The van der Waals surface area contributed by atoms with Crippen LogP contribution >= 0.6 is 0 Å². The van der Waals surface area contributed by atoms with Crippen LogP contribution in [0.25, 0.3) is 87.1 Å². The molecule has 2 aromatic heterocycles. The van der Waals surface area contributed by atoms with Gasteiger partial charge in [0.05, 0.1) is 27.8 Å². The Morgan fingerprint density at radius 3 is 1.53 bits per heavy atom. The van der Waals surface area contributed by atoms with Crippen molar-refractivity contribution in [1.82, 2.24) is 9.97 Å². The number of benzene rings is 8. The Morgan fingerprint density at radius 1 is 0.556 bits per heavy atom. The zero-order valence-electron chi connectivity index (χ0n) is 58.2. The van der Waals surface area contributed by atoms with Crippen LogP contribution in [0.3, 0.4) is 0 Å². The van der Waals surface area contributed by atoms with Crippen molar-refractivity contribution < 1.29 is 56.8 Å². The first kappa shape index (κ1) is 63.0. The average Bonchev–Trinajstić information content (AvgIpc) is 0.719. The van der Waals surface area contributed by atoms with Crippen molar-refractivity contribution in [1.29, 1.82) is 0 Å². The molecule has 2 aliphatic heterocycles. The molecule has 90 heavy (non-hydrogen) atoms. The summed E-state index contributed by atoms with van der Waals surface area (Å²) in [6.07, 6.45) is 0.742. The normalized spacial score (nSPS) is 14.0. The number of carbonyl (C=O) groups is 1. The summed E-state index contributed by atoms with van der Waals surface area (Å²) in [6, 6.07) is 41.3.